The number of nitrogens with one attached hydrogen (secondary N) is 3. The molecule has 1 amide bonds. The van der Waals surface area contributed by atoms with E-state index in [1.165, 1.54) is 4.31 Å². The summed E-state index contributed by atoms with van der Waals surface area (Å²) in [5.74, 6) is -0.315. The number of hydrogen-bond acceptors (Lipinski definition) is 7. The molecule has 33 heavy (non-hydrogen) atoms. The minimum absolute atomic E-state index is 0.0118. The lowest BCUT2D eigenvalue weighted by Gasteiger charge is -2.39. The summed E-state index contributed by atoms with van der Waals surface area (Å²) in [5, 5.41) is 18.4. The van der Waals surface area contributed by atoms with Crippen molar-refractivity contribution in [3.63, 3.8) is 0 Å². The van der Waals surface area contributed by atoms with Gasteiger partial charge in [0, 0.05) is 36.9 Å². The molecule has 5 rings (SSSR count). The maximum atomic E-state index is 12.9. The van der Waals surface area contributed by atoms with Gasteiger partial charge in [-0.3, -0.25) is 4.79 Å². The van der Waals surface area contributed by atoms with Crippen molar-refractivity contribution in [2.24, 2.45) is 11.8 Å². The second-order valence-corrected chi connectivity index (χ2v) is 11.7. The van der Waals surface area contributed by atoms with Crippen LogP contribution in [0.25, 0.3) is 0 Å². The summed E-state index contributed by atoms with van der Waals surface area (Å²) in [7, 11) is -3.46. The Hall–Kier alpha value is -2.19. The fourth-order valence-corrected chi connectivity index (χ4v) is 7.77. The monoisotopic (exact) mass is 472 g/mol. The topological polar surface area (TPSA) is 118 Å². The van der Waals surface area contributed by atoms with Crippen LogP contribution in [-0.2, 0) is 21.4 Å². The molecule has 5 atom stereocenters. The predicted molar refractivity (Wildman–Crippen MR) is 123 cm³/mol. The van der Waals surface area contributed by atoms with Crippen LogP contribution in [0, 0.1) is 23.2 Å². The van der Waals surface area contributed by atoms with Gasteiger partial charge < -0.3 is 10.6 Å². The van der Waals surface area contributed by atoms with E-state index in [2.05, 4.69) is 27.1 Å². The standard InChI is InChI=1S/C23H32N6O3S/c1-14(2)28-13-16-11-17(7-8-20(16)33(28,31)32)26-22-21-19(9-10-25-23(21)30)29(27-22)18-6-4-3-5-15(18)12-24/h7-8,11,14-15,18-19,21-22,26-27H,3-6,9-10,13H2,1-2H3,(H,25,30)/t15-,18+,19?,21?,22?/m1/s1. The maximum Gasteiger partial charge on any atom is 0.243 e. The first-order valence-corrected chi connectivity index (χ1v) is 13.4. The highest BCUT2D eigenvalue weighted by molar-refractivity contribution is 7.89. The molecule has 3 heterocycles. The van der Waals surface area contributed by atoms with Crippen molar-refractivity contribution < 1.29 is 13.2 Å². The summed E-state index contributed by atoms with van der Waals surface area (Å²) in [4.78, 5) is 13.2. The van der Waals surface area contributed by atoms with Crippen LogP contribution >= 0.6 is 0 Å². The number of piperidine rings is 1. The summed E-state index contributed by atoms with van der Waals surface area (Å²) >= 11 is 0. The van der Waals surface area contributed by atoms with Gasteiger partial charge in [0.25, 0.3) is 0 Å². The van der Waals surface area contributed by atoms with E-state index in [9.17, 15) is 18.5 Å². The number of nitriles is 1. The molecule has 0 aromatic heterocycles. The number of carbonyl (C=O) groups is 1. The van der Waals surface area contributed by atoms with Crippen molar-refractivity contribution in [2.45, 2.75) is 81.7 Å². The molecular formula is C23H32N6O3S. The second kappa shape index (κ2) is 8.55. The van der Waals surface area contributed by atoms with Gasteiger partial charge in [-0.2, -0.15) is 9.57 Å². The first-order chi connectivity index (χ1) is 15.8. The number of anilines is 1. The molecule has 1 aromatic carbocycles. The SMILES string of the molecule is CC(C)N1Cc2cc(NC3NN([C@H]4CCCC[C@@H]4C#N)C4CCNC(=O)C34)ccc2S1(=O)=O. The van der Waals surface area contributed by atoms with Crippen LogP contribution in [0.5, 0.6) is 0 Å². The van der Waals surface area contributed by atoms with Gasteiger partial charge in [-0.15, -0.1) is 0 Å². The van der Waals surface area contributed by atoms with Gasteiger partial charge in [-0.05, 0) is 56.9 Å². The summed E-state index contributed by atoms with van der Waals surface area (Å²) in [6.45, 7) is 4.74. The zero-order valence-electron chi connectivity index (χ0n) is 19.1. The summed E-state index contributed by atoms with van der Waals surface area (Å²) < 4.78 is 27.1. The fraction of sp³-hybridized carbons (Fsp3) is 0.652. The maximum absolute atomic E-state index is 12.9. The molecule has 3 aliphatic heterocycles. The summed E-state index contributed by atoms with van der Waals surface area (Å²) in [5.41, 5.74) is 5.09. The van der Waals surface area contributed by atoms with Crippen LogP contribution in [0.4, 0.5) is 5.69 Å². The van der Waals surface area contributed by atoms with Crippen LogP contribution in [0.1, 0.15) is 51.5 Å². The van der Waals surface area contributed by atoms with Gasteiger partial charge in [0.2, 0.25) is 15.9 Å². The van der Waals surface area contributed by atoms with E-state index in [1.807, 2.05) is 19.9 Å². The van der Waals surface area contributed by atoms with Crippen molar-refractivity contribution >= 4 is 21.6 Å². The van der Waals surface area contributed by atoms with Crippen molar-refractivity contribution in [1.82, 2.24) is 20.1 Å². The van der Waals surface area contributed by atoms with Crippen LogP contribution in [0.15, 0.2) is 23.1 Å². The molecule has 10 heteroatoms. The molecule has 9 nitrogen and oxygen atoms in total. The molecule has 178 valence electrons. The largest absolute Gasteiger partial charge is 0.368 e. The number of benzene rings is 1. The van der Waals surface area contributed by atoms with E-state index in [0.717, 1.165) is 43.4 Å². The summed E-state index contributed by atoms with van der Waals surface area (Å²) in [6.07, 6.45) is 4.52. The highest BCUT2D eigenvalue weighted by Crippen LogP contribution is 2.38. The van der Waals surface area contributed by atoms with E-state index in [0.29, 0.717) is 18.0 Å². The molecule has 0 bridgehead atoms. The quantitative estimate of drug-likeness (QED) is 0.611. The molecular weight excluding hydrogens is 440 g/mol. The number of rotatable bonds is 4. The molecule has 3 fully saturated rings. The Morgan fingerprint density at radius 2 is 1.97 bits per heavy atom. The van der Waals surface area contributed by atoms with Gasteiger partial charge in [-0.1, -0.05) is 12.8 Å². The predicted octanol–water partition coefficient (Wildman–Crippen LogP) is 1.74. The van der Waals surface area contributed by atoms with Crippen molar-refractivity contribution in [3.8, 4) is 6.07 Å². The van der Waals surface area contributed by atoms with Crippen LogP contribution in [0.2, 0.25) is 0 Å². The van der Waals surface area contributed by atoms with E-state index in [-0.39, 0.29) is 42.0 Å². The number of carbonyl (C=O) groups excluding carboxylic acids is 1. The lowest BCUT2D eigenvalue weighted by molar-refractivity contribution is -0.128. The van der Waals surface area contributed by atoms with Crippen molar-refractivity contribution in [1.29, 1.82) is 5.26 Å². The second-order valence-electron chi connectivity index (χ2n) is 9.89. The zero-order chi connectivity index (χ0) is 23.3. The molecule has 1 saturated carbocycles. The van der Waals surface area contributed by atoms with E-state index < -0.39 is 10.0 Å². The lowest BCUT2D eigenvalue weighted by atomic mass is 9.83. The molecule has 0 spiro atoms. The number of hydrogen-bond donors (Lipinski definition) is 3. The zero-order valence-corrected chi connectivity index (χ0v) is 19.9. The van der Waals surface area contributed by atoms with E-state index >= 15 is 0 Å². The Morgan fingerprint density at radius 1 is 1.18 bits per heavy atom. The lowest BCUT2D eigenvalue weighted by Crippen LogP contribution is -2.54. The average Bonchev–Trinajstić information content (AvgIpc) is 3.29. The first kappa shape index (κ1) is 22.6. The number of amides is 1. The minimum atomic E-state index is -3.46. The first-order valence-electron chi connectivity index (χ1n) is 11.9. The van der Waals surface area contributed by atoms with Gasteiger partial charge >= 0.3 is 0 Å². The van der Waals surface area contributed by atoms with Gasteiger partial charge in [0.15, 0.2) is 0 Å². The third-order valence-electron chi connectivity index (χ3n) is 7.59. The smallest absolute Gasteiger partial charge is 0.243 e. The minimum Gasteiger partial charge on any atom is -0.368 e. The number of hydrazine groups is 1. The van der Waals surface area contributed by atoms with E-state index in [1.54, 1.807) is 12.1 Å². The molecule has 0 radical (unpaired) electrons. The number of sulfonamides is 1. The van der Waals surface area contributed by atoms with Crippen LogP contribution in [0.3, 0.4) is 0 Å². The van der Waals surface area contributed by atoms with Gasteiger partial charge in [0.05, 0.1) is 22.8 Å². The highest BCUT2D eigenvalue weighted by atomic mass is 32.2. The number of nitrogens with zero attached hydrogens (tertiary/aromatic N) is 3. The van der Waals surface area contributed by atoms with Crippen LogP contribution in [-0.4, -0.2) is 54.5 Å². The Bertz CT molecular complexity index is 1080. The molecule has 3 N–H and O–H groups in total. The Labute approximate surface area is 195 Å². The highest BCUT2D eigenvalue weighted by Gasteiger charge is 2.51. The normalized spacial score (nSPS) is 33.9. The molecule has 1 aromatic rings. The van der Waals surface area contributed by atoms with E-state index in [4.69, 9.17) is 0 Å². The third-order valence-corrected chi connectivity index (χ3v) is 9.71. The summed E-state index contributed by atoms with van der Waals surface area (Å²) in [6, 6.07) is 7.82. The fourth-order valence-electron chi connectivity index (χ4n) is 5.96. The average molecular weight is 473 g/mol. The third kappa shape index (κ3) is 3.81. The Kier molecular flexibility index (Phi) is 5.85. The van der Waals surface area contributed by atoms with Crippen molar-refractivity contribution in [2.75, 3.05) is 11.9 Å². The van der Waals surface area contributed by atoms with Gasteiger partial charge in [-0.25, -0.2) is 18.9 Å². The molecule has 3 unspecified atom stereocenters. The van der Waals surface area contributed by atoms with Crippen molar-refractivity contribution in [3.05, 3.63) is 23.8 Å². The Morgan fingerprint density at radius 3 is 2.73 bits per heavy atom. The molecule has 1 aliphatic carbocycles. The molecule has 2 saturated heterocycles. The van der Waals surface area contributed by atoms with Gasteiger partial charge in [0.1, 0.15) is 6.17 Å². The number of fused-ring (bicyclic) bond motifs is 2. The molecule has 4 aliphatic rings. The Balaban J connectivity index is 1.40. The van der Waals surface area contributed by atoms with Crippen LogP contribution < -0.4 is 16.1 Å².